The number of nitriles is 1. The van der Waals surface area contributed by atoms with Crippen LogP contribution in [-0.2, 0) is 15.6 Å². The number of furan rings is 1. The van der Waals surface area contributed by atoms with Crippen LogP contribution in [-0.4, -0.2) is 50.4 Å². The molecule has 158 valence electrons. The minimum Gasteiger partial charge on any atom is -0.459 e. The molecule has 1 saturated heterocycles. The maximum atomic E-state index is 13.0. The first kappa shape index (κ1) is 20.6. The number of piperazine rings is 1. The zero-order valence-electron chi connectivity index (χ0n) is 16.6. The lowest BCUT2D eigenvalue weighted by Gasteiger charge is -2.35. The molecule has 0 radical (unpaired) electrons. The van der Waals surface area contributed by atoms with Gasteiger partial charge in [-0.2, -0.15) is 5.26 Å². The molecule has 9 heteroatoms. The minimum atomic E-state index is -3.60. The molecular formula is C22H20N4O4S. The first-order chi connectivity index (χ1) is 15.0. The zero-order chi connectivity index (χ0) is 21.8. The van der Waals surface area contributed by atoms with Gasteiger partial charge >= 0.3 is 0 Å². The van der Waals surface area contributed by atoms with Crippen molar-refractivity contribution in [2.75, 3.05) is 31.1 Å². The molecule has 0 bridgehead atoms. The van der Waals surface area contributed by atoms with Crippen molar-refractivity contribution in [1.82, 2.24) is 9.88 Å². The first-order valence-corrected chi connectivity index (χ1v) is 11.4. The first-order valence-electron chi connectivity index (χ1n) is 9.73. The lowest BCUT2D eigenvalue weighted by atomic mass is 10.2. The Bertz CT molecular complexity index is 1220. The number of nitrogens with zero attached hydrogens (tertiary/aromatic N) is 4. The Morgan fingerprint density at radius 2 is 1.81 bits per heavy atom. The van der Waals surface area contributed by atoms with Crippen molar-refractivity contribution >= 4 is 21.6 Å². The molecule has 0 saturated carbocycles. The second-order valence-corrected chi connectivity index (χ2v) is 9.10. The summed E-state index contributed by atoms with van der Waals surface area (Å²) >= 11 is 0. The van der Waals surface area contributed by atoms with Gasteiger partial charge in [0.25, 0.3) is 5.91 Å². The Balaban J connectivity index is 1.46. The van der Waals surface area contributed by atoms with Crippen LogP contribution in [0.4, 0.5) is 5.82 Å². The van der Waals surface area contributed by atoms with E-state index in [1.54, 1.807) is 41.4 Å². The molecule has 0 unspecified atom stereocenters. The van der Waals surface area contributed by atoms with Gasteiger partial charge in [0, 0.05) is 37.9 Å². The molecule has 31 heavy (non-hydrogen) atoms. The number of carbonyl (C=O) groups is 1. The maximum absolute atomic E-state index is 13.0. The standard InChI is InChI=1S/C22H20N4O4S/c23-15-17-5-4-9-24-21(17)25-10-12-26(13-11-25)22(27)20-18(8-14-30-20)16-31(28,29)19-6-2-1-3-7-19/h1-9,14H,10-13,16H2. The number of amides is 1. The third-order valence-electron chi connectivity index (χ3n) is 5.16. The number of aromatic nitrogens is 1. The molecular weight excluding hydrogens is 416 g/mol. The van der Waals surface area contributed by atoms with Crippen LogP contribution in [0.25, 0.3) is 0 Å². The quantitative estimate of drug-likeness (QED) is 0.605. The van der Waals surface area contributed by atoms with Crippen molar-refractivity contribution in [3.63, 3.8) is 0 Å². The Morgan fingerprint density at radius 3 is 2.52 bits per heavy atom. The Hall–Kier alpha value is -3.64. The molecule has 3 heterocycles. The Kier molecular flexibility index (Phi) is 5.73. The van der Waals surface area contributed by atoms with Gasteiger partial charge in [0.15, 0.2) is 15.6 Å². The van der Waals surface area contributed by atoms with E-state index in [0.29, 0.717) is 43.1 Å². The van der Waals surface area contributed by atoms with Gasteiger partial charge in [-0.15, -0.1) is 0 Å². The van der Waals surface area contributed by atoms with Crippen LogP contribution in [0.1, 0.15) is 21.7 Å². The zero-order valence-corrected chi connectivity index (χ0v) is 17.5. The fraction of sp³-hybridized carbons (Fsp3) is 0.227. The number of hydrogen-bond acceptors (Lipinski definition) is 7. The predicted octanol–water partition coefficient (Wildman–Crippen LogP) is 2.48. The van der Waals surface area contributed by atoms with Crippen molar-refractivity contribution in [3.8, 4) is 6.07 Å². The highest BCUT2D eigenvalue weighted by atomic mass is 32.2. The highest BCUT2D eigenvalue weighted by molar-refractivity contribution is 7.90. The SMILES string of the molecule is N#Cc1cccnc1N1CCN(C(=O)c2occc2CS(=O)(=O)c2ccccc2)CC1. The molecule has 0 atom stereocenters. The number of rotatable bonds is 5. The topological polar surface area (TPSA) is 108 Å². The van der Waals surface area contributed by atoms with Gasteiger partial charge in [0.2, 0.25) is 0 Å². The van der Waals surface area contributed by atoms with Crippen LogP contribution in [0.15, 0.2) is 70.3 Å². The second kappa shape index (κ2) is 8.62. The Morgan fingerprint density at radius 1 is 1.06 bits per heavy atom. The van der Waals surface area contributed by atoms with E-state index in [9.17, 15) is 18.5 Å². The largest absolute Gasteiger partial charge is 0.459 e. The minimum absolute atomic E-state index is 0.0449. The average Bonchev–Trinajstić information content (AvgIpc) is 3.26. The number of carbonyl (C=O) groups excluding carboxylic acids is 1. The summed E-state index contributed by atoms with van der Waals surface area (Å²) in [5, 5.41) is 9.28. The predicted molar refractivity (Wildman–Crippen MR) is 113 cm³/mol. The van der Waals surface area contributed by atoms with E-state index in [2.05, 4.69) is 11.1 Å². The van der Waals surface area contributed by atoms with Crippen LogP contribution in [0.5, 0.6) is 0 Å². The van der Waals surface area contributed by atoms with Gasteiger partial charge in [-0.1, -0.05) is 18.2 Å². The van der Waals surface area contributed by atoms with E-state index in [1.165, 1.54) is 24.5 Å². The summed E-state index contributed by atoms with van der Waals surface area (Å²) in [6.45, 7) is 1.84. The molecule has 1 fully saturated rings. The van der Waals surface area contributed by atoms with Gasteiger partial charge in [-0.05, 0) is 30.3 Å². The molecule has 1 aromatic carbocycles. The molecule has 0 spiro atoms. The van der Waals surface area contributed by atoms with E-state index in [1.807, 2.05) is 4.90 Å². The van der Waals surface area contributed by atoms with Crippen LogP contribution in [0.3, 0.4) is 0 Å². The van der Waals surface area contributed by atoms with Gasteiger partial charge < -0.3 is 14.2 Å². The van der Waals surface area contributed by atoms with Gasteiger partial charge in [-0.3, -0.25) is 4.79 Å². The maximum Gasteiger partial charge on any atom is 0.289 e. The van der Waals surface area contributed by atoms with E-state index >= 15 is 0 Å². The third-order valence-corrected chi connectivity index (χ3v) is 6.84. The highest BCUT2D eigenvalue weighted by Gasteiger charge is 2.29. The highest BCUT2D eigenvalue weighted by Crippen LogP contribution is 2.23. The molecule has 0 N–H and O–H groups in total. The lowest BCUT2D eigenvalue weighted by Crippen LogP contribution is -2.49. The fourth-order valence-electron chi connectivity index (χ4n) is 3.55. The van der Waals surface area contributed by atoms with E-state index in [4.69, 9.17) is 4.42 Å². The third kappa shape index (κ3) is 4.29. The van der Waals surface area contributed by atoms with E-state index in [0.717, 1.165) is 0 Å². The summed E-state index contributed by atoms with van der Waals surface area (Å²) in [7, 11) is -3.60. The van der Waals surface area contributed by atoms with E-state index < -0.39 is 9.84 Å². The smallest absolute Gasteiger partial charge is 0.289 e. The van der Waals surface area contributed by atoms with Crippen LogP contribution in [0, 0.1) is 11.3 Å². The monoisotopic (exact) mass is 436 g/mol. The second-order valence-electron chi connectivity index (χ2n) is 7.11. The summed E-state index contributed by atoms with van der Waals surface area (Å²) in [4.78, 5) is 21.1. The van der Waals surface area contributed by atoms with E-state index in [-0.39, 0.29) is 22.3 Å². The average molecular weight is 436 g/mol. The summed E-state index contributed by atoms with van der Waals surface area (Å²) in [5.74, 6) is -0.00808. The van der Waals surface area contributed by atoms with Crippen LogP contribution < -0.4 is 4.90 Å². The molecule has 1 aliphatic rings. The fourth-order valence-corrected chi connectivity index (χ4v) is 4.93. The van der Waals surface area contributed by atoms with Crippen molar-refractivity contribution in [3.05, 3.63) is 77.9 Å². The van der Waals surface area contributed by atoms with Gasteiger partial charge in [-0.25, -0.2) is 13.4 Å². The molecule has 1 amide bonds. The molecule has 4 rings (SSSR count). The number of anilines is 1. The number of hydrogen-bond donors (Lipinski definition) is 0. The van der Waals surface area contributed by atoms with Crippen molar-refractivity contribution in [2.24, 2.45) is 0 Å². The van der Waals surface area contributed by atoms with Crippen molar-refractivity contribution < 1.29 is 17.6 Å². The number of pyridine rings is 1. The van der Waals surface area contributed by atoms with Crippen LogP contribution >= 0.6 is 0 Å². The lowest BCUT2D eigenvalue weighted by molar-refractivity contribution is 0.0713. The van der Waals surface area contributed by atoms with Crippen molar-refractivity contribution in [1.29, 1.82) is 5.26 Å². The summed E-state index contributed by atoms with van der Waals surface area (Å²) in [5.41, 5.74) is 0.828. The number of sulfone groups is 1. The summed E-state index contributed by atoms with van der Waals surface area (Å²) < 4.78 is 30.8. The summed E-state index contributed by atoms with van der Waals surface area (Å²) in [6, 6.07) is 15.2. The summed E-state index contributed by atoms with van der Waals surface area (Å²) in [6.07, 6.45) is 2.97. The van der Waals surface area contributed by atoms with Crippen molar-refractivity contribution in [2.45, 2.75) is 10.6 Å². The number of benzene rings is 1. The molecule has 0 aliphatic carbocycles. The molecule has 2 aromatic heterocycles. The van der Waals surface area contributed by atoms with Gasteiger partial charge in [0.05, 0.1) is 22.5 Å². The Labute approximate surface area is 180 Å². The van der Waals surface area contributed by atoms with Crippen LogP contribution in [0.2, 0.25) is 0 Å². The molecule has 1 aliphatic heterocycles. The molecule has 8 nitrogen and oxygen atoms in total. The normalized spacial score (nSPS) is 14.3. The molecule has 3 aromatic rings. The van der Waals surface area contributed by atoms with Gasteiger partial charge in [0.1, 0.15) is 11.9 Å².